The molecule has 17 heavy (non-hydrogen) atoms. The SMILES string of the molecule is CC1(C)[C@H]2CC3=C(CN(C(C)(C)C)C3=O)[C@@H]1C2. The highest BCUT2D eigenvalue weighted by Gasteiger charge is 2.57. The van der Waals surface area contributed by atoms with Gasteiger partial charge in [-0.15, -0.1) is 0 Å². The van der Waals surface area contributed by atoms with Crippen molar-refractivity contribution in [1.82, 2.24) is 4.90 Å². The van der Waals surface area contributed by atoms with Gasteiger partial charge in [0.1, 0.15) is 0 Å². The molecule has 94 valence electrons. The van der Waals surface area contributed by atoms with Crippen molar-refractivity contribution in [3.8, 4) is 0 Å². The molecule has 0 aromatic rings. The van der Waals surface area contributed by atoms with Gasteiger partial charge >= 0.3 is 0 Å². The molecule has 4 aliphatic rings. The number of carbonyl (C=O) groups excluding carboxylic acids is 1. The van der Waals surface area contributed by atoms with Crippen LogP contribution in [0.2, 0.25) is 0 Å². The van der Waals surface area contributed by atoms with E-state index >= 15 is 0 Å². The second kappa shape index (κ2) is 2.96. The van der Waals surface area contributed by atoms with Crippen molar-refractivity contribution in [3.63, 3.8) is 0 Å². The Hall–Kier alpha value is -0.790. The molecule has 0 spiro atoms. The van der Waals surface area contributed by atoms with E-state index < -0.39 is 0 Å². The quantitative estimate of drug-likeness (QED) is 0.630. The highest BCUT2D eigenvalue weighted by atomic mass is 16.2. The fraction of sp³-hybridized carbons (Fsp3) is 0.800. The Morgan fingerprint density at radius 3 is 2.47 bits per heavy atom. The van der Waals surface area contributed by atoms with Gasteiger partial charge in [-0.2, -0.15) is 0 Å². The zero-order valence-corrected chi connectivity index (χ0v) is 11.6. The fourth-order valence-corrected chi connectivity index (χ4v) is 3.92. The van der Waals surface area contributed by atoms with Gasteiger partial charge in [0, 0.05) is 17.7 Å². The van der Waals surface area contributed by atoms with Crippen LogP contribution in [0, 0.1) is 17.3 Å². The van der Waals surface area contributed by atoms with Gasteiger partial charge in [0.25, 0.3) is 5.91 Å². The van der Waals surface area contributed by atoms with E-state index in [9.17, 15) is 4.79 Å². The molecule has 0 aromatic carbocycles. The molecule has 1 amide bonds. The maximum absolute atomic E-state index is 12.4. The van der Waals surface area contributed by atoms with E-state index in [0.717, 1.165) is 18.9 Å². The third-order valence-corrected chi connectivity index (χ3v) is 5.37. The molecular formula is C15H23NO. The third-order valence-electron chi connectivity index (χ3n) is 5.37. The number of hydrogen-bond donors (Lipinski definition) is 0. The normalized spacial score (nSPS) is 34.9. The maximum Gasteiger partial charge on any atom is 0.250 e. The monoisotopic (exact) mass is 233 g/mol. The summed E-state index contributed by atoms with van der Waals surface area (Å²) < 4.78 is 0. The standard InChI is InChI=1S/C15H23NO/c1-14(2,3)16-8-11-10(13(16)17)6-9-7-12(11)15(9,4)5/h9,12H,6-8H2,1-5H3/t9-,12-/m0/s1. The van der Waals surface area contributed by atoms with Crippen LogP contribution < -0.4 is 0 Å². The molecule has 2 bridgehead atoms. The predicted molar refractivity (Wildman–Crippen MR) is 68.5 cm³/mol. The minimum atomic E-state index is -0.0387. The van der Waals surface area contributed by atoms with Gasteiger partial charge in [-0.05, 0) is 56.4 Å². The molecule has 1 aliphatic heterocycles. The van der Waals surface area contributed by atoms with Crippen LogP contribution in [-0.4, -0.2) is 22.9 Å². The lowest BCUT2D eigenvalue weighted by Gasteiger charge is -2.56. The molecule has 4 rings (SSSR count). The highest BCUT2D eigenvalue weighted by molar-refractivity contribution is 5.98. The number of rotatable bonds is 0. The van der Waals surface area contributed by atoms with Crippen LogP contribution in [0.25, 0.3) is 0 Å². The summed E-state index contributed by atoms with van der Waals surface area (Å²) in [6, 6.07) is 0. The molecule has 0 radical (unpaired) electrons. The Bertz CT molecular complexity index is 425. The lowest BCUT2D eigenvalue weighted by Crippen LogP contribution is -2.49. The highest BCUT2D eigenvalue weighted by Crippen LogP contribution is 2.62. The Morgan fingerprint density at radius 1 is 1.29 bits per heavy atom. The summed E-state index contributed by atoms with van der Waals surface area (Å²) in [4.78, 5) is 14.5. The second-order valence-corrected chi connectivity index (χ2v) is 7.58. The maximum atomic E-state index is 12.4. The number of nitrogens with zero attached hydrogens (tertiary/aromatic N) is 1. The first-order chi connectivity index (χ1) is 7.73. The lowest BCUT2D eigenvalue weighted by molar-refractivity contribution is -0.129. The van der Waals surface area contributed by atoms with Crippen LogP contribution in [0.15, 0.2) is 11.1 Å². The Kier molecular flexibility index (Phi) is 1.97. The van der Waals surface area contributed by atoms with Gasteiger partial charge in [-0.25, -0.2) is 0 Å². The van der Waals surface area contributed by atoms with E-state index in [-0.39, 0.29) is 5.54 Å². The summed E-state index contributed by atoms with van der Waals surface area (Å²) in [5, 5.41) is 0. The summed E-state index contributed by atoms with van der Waals surface area (Å²) >= 11 is 0. The van der Waals surface area contributed by atoms with E-state index in [1.165, 1.54) is 17.6 Å². The van der Waals surface area contributed by atoms with Crippen molar-refractivity contribution in [2.24, 2.45) is 17.3 Å². The van der Waals surface area contributed by atoms with Crippen LogP contribution in [0.5, 0.6) is 0 Å². The van der Waals surface area contributed by atoms with Crippen molar-refractivity contribution in [1.29, 1.82) is 0 Å². The van der Waals surface area contributed by atoms with E-state index in [2.05, 4.69) is 39.5 Å². The van der Waals surface area contributed by atoms with Gasteiger partial charge in [0.05, 0.1) is 0 Å². The third kappa shape index (κ3) is 1.30. The fourth-order valence-electron chi connectivity index (χ4n) is 3.92. The summed E-state index contributed by atoms with van der Waals surface area (Å²) in [6.45, 7) is 12.1. The molecule has 0 N–H and O–H groups in total. The average Bonchev–Trinajstić information content (AvgIpc) is 2.55. The summed E-state index contributed by atoms with van der Waals surface area (Å²) in [7, 11) is 0. The number of amides is 1. The molecule has 1 saturated carbocycles. The molecule has 0 aromatic heterocycles. The summed E-state index contributed by atoms with van der Waals surface area (Å²) in [5.41, 5.74) is 3.04. The van der Waals surface area contributed by atoms with Crippen LogP contribution in [0.1, 0.15) is 47.5 Å². The van der Waals surface area contributed by atoms with Gasteiger partial charge in [0.15, 0.2) is 0 Å². The van der Waals surface area contributed by atoms with E-state index in [4.69, 9.17) is 0 Å². The Labute approximate surface area is 104 Å². The molecule has 3 aliphatic carbocycles. The largest absolute Gasteiger partial charge is 0.330 e. The molecule has 2 heteroatoms. The first-order valence-corrected chi connectivity index (χ1v) is 6.77. The zero-order chi connectivity index (χ0) is 12.6. The summed E-state index contributed by atoms with van der Waals surface area (Å²) in [5.74, 6) is 1.74. The van der Waals surface area contributed by atoms with Crippen LogP contribution in [0.3, 0.4) is 0 Å². The summed E-state index contributed by atoms with van der Waals surface area (Å²) in [6.07, 6.45) is 2.35. The smallest absolute Gasteiger partial charge is 0.250 e. The van der Waals surface area contributed by atoms with Crippen molar-refractivity contribution in [2.75, 3.05) is 6.54 Å². The van der Waals surface area contributed by atoms with Gasteiger partial charge in [0.2, 0.25) is 0 Å². The molecule has 0 unspecified atom stereocenters. The minimum Gasteiger partial charge on any atom is -0.330 e. The van der Waals surface area contributed by atoms with Crippen molar-refractivity contribution in [2.45, 2.75) is 53.0 Å². The van der Waals surface area contributed by atoms with E-state index in [1.54, 1.807) is 0 Å². The molecule has 0 saturated heterocycles. The van der Waals surface area contributed by atoms with Crippen LogP contribution >= 0.6 is 0 Å². The van der Waals surface area contributed by atoms with Crippen molar-refractivity contribution in [3.05, 3.63) is 11.1 Å². The van der Waals surface area contributed by atoms with Crippen molar-refractivity contribution < 1.29 is 4.79 Å². The Morgan fingerprint density at radius 2 is 1.94 bits per heavy atom. The first kappa shape index (κ1) is 11.3. The number of carbonyl (C=O) groups is 1. The zero-order valence-electron chi connectivity index (χ0n) is 11.6. The van der Waals surface area contributed by atoms with Crippen LogP contribution in [-0.2, 0) is 4.79 Å². The number of hydrogen-bond acceptors (Lipinski definition) is 1. The predicted octanol–water partition coefficient (Wildman–Crippen LogP) is 2.99. The second-order valence-electron chi connectivity index (χ2n) is 7.58. The van der Waals surface area contributed by atoms with Gasteiger partial charge in [-0.3, -0.25) is 4.79 Å². The first-order valence-electron chi connectivity index (χ1n) is 6.77. The van der Waals surface area contributed by atoms with Gasteiger partial charge in [-0.1, -0.05) is 13.8 Å². The molecule has 2 atom stereocenters. The topological polar surface area (TPSA) is 20.3 Å². The average molecular weight is 233 g/mol. The molecule has 1 heterocycles. The van der Waals surface area contributed by atoms with E-state index in [0.29, 0.717) is 17.2 Å². The van der Waals surface area contributed by atoms with Gasteiger partial charge < -0.3 is 4.90 Å². The molecular weight excluding hydrogens is 210 g/mol. The van der Waals surface area contributed by atoms with Crippen molar-refractivity contribution >= 4 is 5.91 Å². The van der Waals surface area contributed by atoms with E-state index in [1.807, 2.05) is 0 Å². The molecule has 1 fully saturated rings. The van der Waals surface area contributed by atoms with Crippen LogP contribution in [0.4, 0.5) is 0 Å². The lowest BCUT2D eigenvalue weighted by atomic mass is 9.48. The minimum absolute atomic E-state index is 0.0387. The molecule has 2 nitrogen and oxygen atoms in total. The Balaban J connectivity index is 1.94.